The Morgan fingerprint density at radius 2 is 2.05 bits per heavy atom. The van der Waals surface area contributed by atoms with Crippen molar-refractivity contribution in [2.75, 3.05) is 27.4 Å². The van der Waals surface area contributed by atoms with E-state index in [1.165, 1.54) is 0 Å². The molecule has 0 spiro atoms. The Morgan fingerprint density at radius 1 is 1.24 bits per heavy atom. The van der Waals surface area contributed by atoms with Crippen LogP contribution in [0.3, 0.4) is 0 Å². The normalized spacial score (nSPS) is 10.8. The largest absolute Gasteiger partial charge is 0.496 e. The average molecular weight is 289 g/mol. The molecule has 5 heteroatoms. The van der Waals surface area contributed by atoms with Crippen molar-refractivity contribution in [2.24, 2.45) is 0 Å². The molecule has 0 fully saturated rings. The molecule has 0 aliphatic heterocycles. The van der Waals surface area contributed by atoms with Crippen LogP contribution in [0.1, 0.15) is 17.1 Å². The summed E-state index contributed by atoms with van der Waals surface area (Å²) in [5.41, 5.74) is 2.31. The number of aryl methyl sites for hydroxylation is 1. The first-order chi connectivity index (χ1) is 10.3. The summed E-state index contributed by atoms with van der Waals surface area (Å²) in [6.07, 6.45) is 1.92. The van der Waals surface area contributed by atoms with Crippen molar-refractivity contribution in [3.63, 3.8) is 0 Å². The highest BCUT2D eigenvalue weighted by molar-refractivity contribution is 5.33. The number of ether oxygens (including phenoxy) is 2. The van der Waals surface area contributed by atoms with Gasteiger partial charge in [-0.05, 0) is 13.0 Å². The molecule has 1 aromatic heterocycles. The third kappa shape index (κ3) is 4.06. The topological polar surface area (TPSA) is 48.3 Å². The molecule has 0 bridgehead atoms. The SMILES string of the molecule is COCCNCc1cnc(C)n1Cc1ccccc1OC. The van der Waals surface area contributed by atoms with Crippen LogP contribution < -0.4 is 10.1 Å². The van der Waals surface area contributed by atoms with Crippen LogP contribution in [0.4, 0.5) is 0 Å². The van der Waals surface area contributed by atoms with Gasteiger partial charge in [-0.15, -0.1) is 0 Å². The molecule has 21 heavy (non-hydrogen) atoms. The van der Waals surface area contributed by atoms with E-state index in [0.29, 0.717) is 6.61 Å². The van der Waals surface area contributed by atoms with Gasteiger partial charge in [-0.2, -0.15) is 0 Å². The molecule has 0 amide bonds. The van der Waals surface area contributed by atoms with Gasteiger partial charge in [-0.3, -0.25) is 0 Å². The highest BCUT2D eigenvalue weighted by atomic mass is 16.5. The first-order valence-corrected chi connectivity index (χ1v) is 7.08. The van der Waals surface area contributed by atoms with E-state index in [1.807, 2.05) is 31.3 Å². The van der Waals surface area contributed by atoms with Gasteiger partial charge in [0.25, 0.3) is 0 Å². The van der Waals surface area contributed by atoms with Crippen LogP contribution in [0.2, 0.25) is 0 Å². The lowest BCUT2D eigenvalue weighted by atomic mass is 10.2. The molecular weight excluding hydrogens is 266 g/mol. The molecule has 0 saturated carbocycles. The van der Waals surface area contributed by atoms with E-state index in [0.717, 1.165) is 42.5 Å². The second-order valence-electron chi connectivity index (χ2n) is 4.86. The molecule has 0 atom stereocenters. The van der Waals surface area contributed by atoms with Gasteiger partial charge in [0.2, 0.25) is 0 Å². The minimum atomic E-state index is 0.708. The molecule has 1 N–H and O–H groups in total. The molecule has 1 heterocycles. The van der Waals surface area contributed by atoms with Crippen molar-refractivity contribution in [1.82, 2.24) is 14.9 Å². The summed E-state index contributed by atoms with van der Waals surface area (Å²) in [4.78, 5) is 4.42. The fraction of sp³-hybridized carbons (Fsp3) is 0.438. The fourth-order valence-electron chi connectivity index (χ4n) is 2.27. The van der Waals surface area contributed by atoms with Crippen molar-refractivity contribution < 1.29 is 9.47 Å². The molecular formula is C16H23N3O2. The first-order valence-electron chi connectivity index (χ1n) is 7.08. The number of rotatable bonds is 8. The van der Waals surface area contributed by atoms with Crippen molar-refractivity contribution >= 4 is 0 Å². The summed E-state index contributed by atoms with van der Waals surface area (Å²) in [5, 5.41) is 3.35. The number of hydrogen-bond acceptors (Lipinski definition) is 4. The predicted octanol–water partition coefficient (Wildman–Crippen LogP) is 1.98. The lowest BCUT2D eigenvalue weighted by Gasteiger charge is -2.13. The van der Waals surface area contributed by atoms with Crippen LogP contribution in [0, 0.1) is 6.92 Å². The summed E-state index contributed by atoms with van der Waals surface area (Å²) < 4.78 is 12.7. The van der Waals surface area contributed by atoms with E-state index in [2.05, 4.69) is 20.9 Å². The number of nitrogens with zero attached hydrogens (tertiary/aromatic N) is 2. The fourth-order valence-corrected chi connectivity index (χ4v) is 2.27. The Bertz CT molecular complexity index is 566. The molecule has 5 nitrogen and oxygen atoms in total. The number of para-hydroxylation sites is 1. The van der Waals surface area contributed by atoms with Crippen LogP contribution in [0.5, 0.6) is 5.75 Å². The molecule has 0 unspecified atom stereocenters. The second-order valence-corrected chi connectivity index (χ2v) is 4.86. The van der Waals surface area contributed by atoms with E-state index < -0.39 is 0 Å². The van der Waals surface area contributed by atoms with Crippen molar-refractivity contribution in [1.29, 1.82) is 0 Å². The Hall–Kier alpha value is -1.85. The van der Waals surface area contributed by atoms with Crippen molar-refractivity contribution in [3.05, 3.63) is 47.5 Å². The summed E-state index contributed by atoms with van der Waals surface area (Å²) >= 11 is 0. The molecule has 0 aliphatic rings. The van der Waals surface area contributed by atoms with E-state index in [1.54, 1.807) is 14.2 Å². The summed E-state index contributed by atoms with van der Waals surface area (Å²) in [5.74, 6) is 1.91. The zero-order valence-corrected chi connectivity index (χ0v) is 12.9. The summed E-state index contributed by atoms with van der Waals surface area (Å²) in [6.45, 7) is 5.10. The maximum atomic E-state index is 5.42. The van der Waals surface area contributed by atoms with Crippen LogP contribution in [0.15, 0.2) is 30.5 Å². The Kier molecular flexibility index (Phi) is 5.78. The average Bonchev–Trinajstić information content (AvgIpc) is 2.85. The highest BCUT2D eigenvalue weighted by Gasteiger charge is 2.09. The van der Waals surface area contributed by atoms with Crippen LogP contribution in [-0.4, -0.2) is 36.9 Å². The predicted molar refractivity (Wildman–Crippen MR) is 82.6 cm³/mol. The van der Waals surface area contributed by atoms with Crippen LogP contribution in [-0.2, 0) is 17.8 Å². The summed E-state index contributed by atoms with van der Waals surface area (Å²) in [6, 6.07) is 8.08. The molecule has 2 rings (SSSR count). The molecule has 2 aromatic rings. The molecule has 0 saturated heterocycles. The van der Waals surface area contributed by atoms with Crippen molar-refractivity contribution in [2.45, 2.75) is 20.0 Å². The second kappa shape index (κ2) is 7.81. The van der Waals surface area contributed by atoms with Gasteiger partial charge in [-0.1, -0.05) is 18.2 Å². The van der Waals surface area contributed by atoms with Gasteiger partial charge in [-0.25, -0.2) is 4.98 Å². The number of hydrogen-bond donors (Lipinski definition) is 1. The third-order valence-electron chi connectivity index (χ3n) is 3.45. The minimum absolute atomic E-state index is 0.708. The Balaban J connectivity index is 2.10. The van der Waals surface area contributed by atoms with Gasteiger partial charge >= 0.3 is 0 Å². The van der Waals surface area contributed by atoms with E-state index in [4.69, 9.17) is 9.47 Å². The van der Waals surface area contributed by atoms with Gasteiger partial charge in [0, 0.05) is 32.0 Å². The van der Waals surface area contributed by atoms with Gasteiger partial charge < -0.3 is 19.4 Å². The lowest BCUT2D eigenvalue weighted by molar-refractivity contribution is 0.199. The minimum Gasteiger partial charge on any atom is -0.496 e. The number of benzene rings is 1. The zero-order valence-electron chi connectivity index (χ0n) is 12.9. The summed E-state index contributed by atoms with van der Waals surface area (Å²) in [7, 11) is 3.41. The van der Waals surface area contributed by atoms with Gasteiger partial charge in [0.1, 0.15) is 11.6 Å². The third-order valence-corrected chi connectivity index (χ3v) is 3.45. The van der Waals surface area contributed by atoms with E-state index in [-0.39, 0.29) is 0 Å². The number of aromatic nitrogens is 2. The Morgan fingerprint density at radius 3 is 2.81 bits per heavy atom. The number of nitrogens with one attached hydrogen (secondary N) is 1. The van der Waals surface area contributed by atoms with Gasteiger partial charge in [0.15, 0.2) is 0 Å². The quantitative estimate of drug-likeness (QED) is 0.755. The van der Waals surface area contributed by atoms with E-state index >= 15 is 0 Å². The monoisotopic (exact) mass is 289 g/mol. The van der Waals surface area contributed by atoms with Crippen molar-refractivity contribution in [3.8, 4) is 5.75 Å². The first kappa shape index (κ1) is 15.5. The van der Waals surface area contributed by atoms with Crippen LogP contribution in [0.25, 0.3) is 0 Å². The molecule has 0 aliphatic carbocycles. The zero-order chi connectivity index (χ0) is 15.1. The molecule has 0 radical (unpaired) electrons. The smallest absolute Gasteiger partial charge is 0.123 e. The number of imidazole rings is 1. The number of methoxy groups -OCH3 is 2. The maximum absolute atomic E-state index is 5.42. The molecule has 1 aromatic carbocycles. The molecule has 114 valence electrons. The van der Waals surface area contributed by atoms with Gasteiger partial charge in [0.05, 0.1) is 26.0 Å². The standard InChI is InChI=1S/C16H23N3O2/c1-13-18-11-15(10-17-8-9-20-2)19(13)12-14-6-4-5-7-16(14)21-3/h4-7,11,17H,8-10,12H2,1-3H3. The Labute approximate surface area is 125 Å². The van der Waals surface area contributed by atoms with Crippen LogP contribution >= 0.6 is 0 Å². The van der Waals surface area contributed by atoms with E-state index in [9.17, 15) is 0 Å². The highest BCUT2D eigenvalue weighted by Crippen LogP contribution is 2.20. The maximum Gasteiger partial charge on any atom is 0.123 e. The lowest BCUT2D eigenvalue weighted by Crippen LogP contribution is -2.21.